The first kappa shape index (κ1) is 11.7. The van der Waals surface area contributed by atoms with Gasteiger partial charge in [-0.1, -0.05) is 12.8 Å². The van der Waals surface area contributed by atoms with Gasteiger partial charge in [-0.3, -0.25) is 0 Å². The van der Waals surface area contributed by atoms with E-state index in [4.69, 9.17) is 0 Å². The fourth-order valence-corrected chi connectivity index (χ4v) is 3.85. The number of aromatic amines is 1. The van der Waals surface area contributed by atoms with Crippen molar-refractivity contribution in [2.75, 3.05) is 18.0 Å². The van der Waals surface area contributed by atoms with E-state index >= 15 is 0 Å². The zero-order valence-corrected chi connectivity index (χ0v) is 11.3. The van der Waals surface area contributed by atoms with E-state index in [9.17, 15) is 5.26 Å². The molecule has 1 saturated carbocycles. The van der Waals surface area contributed by atoms with Crippen LogP contribution in [0.1, 0.15) is 31.2 Å². The zero-order valence-electron chi connectivity index (χ0n) is 11.3. The Morgan fingerprint density at radius 2 is 1.95 bits per heavy atom. The summed E-state index contributed by atoms with van der Waals surface area (Å²) in [6.07, 6.45) is 8.73. The van der Waals surface area contributed by atoms with E-state index in [0.717, 1.165) is 41.8 Å². The number of hydrogen-bond acceptors (Lipinski definition) is 4. The van der Waals surface area contributed by atoms with Crippen LogP contribution in [0.3, 0.4) is 0 Å². The molecule has 1 aliphatic heterocycles. The number of rotatable bonds is 1. The van der Waals surface area contributed by atoms with Gasteiger partial charge in [-0.15, -0.1) is 0 Å². The number of anilines is 1. The van der Waals surface area contributed by atoms with Gasteiger partial charge in [-0.2, -0.15) is 5.26 Å². The molecule has 0 amide bonds. The highest BCUT2D eigenvalue weighted by atomic mass is 15.2. The van der Waals surface area contributed by atoms with Crippen LogP contribution < -0.4 is 4.90 Å². The maximum absolute atomic E-state index is 9.25. The molecule has 0 radical (unpaired) electrons. The summed E-state index contributed by atoms with van der Waals surface area (Å²) in [5.41, 5.74) is 1.41. The third-order valence-electron chi connectivity index (χ3n) is 4.85. The van der Waals surface area contributed by atoms with Gasteiger partial charge in [0.25, 0.3) is 0 Å². The molecule has 1 aliphatic carbocycles. The fourth-order valence-electron chi connectivity index (χ4n) is 3.85. The van der Waals surface area contributed by atoms with Crippen LogP contribution in [0.4, 0.5) is 5.82 Å². The Labute approximate surface area is 117 Å². The molecular weight excluding hydrogens is 250 g/mol. The summed E-state index contributed by atoms with van der Waals surface area (Å²) in [6.45, 7) is 2.15. The summed E-state index contributed by atoms with van der Waals surface area (Å²) in [4.78, 5) is 14.1. The molecule has 3 heterocycles. The van der Waals surface area contributed by atoms with Crippen molar-refractivity contribution < 1.29 is 0 Å². The summed E-state index contributed by atoms with van der Waals surface area (Å²) in [6, 6.07) is 2.24. The van der Waals surface area contributed by atoms with E-state index in [2.05, 4.69) is 25.9 Å². The minimum Gasteiger partial charge on any atom is -0.355 e. The molecule has 5 heteroatoms. The first-order valence-corrected chi connectivity index (χ1v) is 7.34. The SMILES string of the molecule is N#Cc1c[nH]c2ncnc(N3C[C@H]4CCCC[C@H]4C3)c12. The lowest BCUT2D eigenvalue weighted by Crippen LogP contribution is -2.21. The largest absolute Gasteiger partial charge is 0.355 e. The average molecular weight is 267 g/mol. The third-order valence-corrected chi connectivity index (χ3v) is 4.85. The van der Waals surface area contributed by atoms with E-state index in [-0.39, 0.29) is 0 Å². The number of nitrogens with one attached hydrogen (secondary N) is 1. The minimum absolute atomic E-state index is 0.644. The van der Waals surface area contributed by atoms with Crippen LogP contribution in [0.25, 0.3) is 11.0 Å². The minimum atomic E-state index is 0.644. The maximum Gasteiger partial charge on any atom is 0.144 e. The predicted molar refractivity (Wildman–Crippen MR) is 76.3 cm³/mol. The molecular formula is C15H17N5. The number of H-pyrrole nitrogens is 1. The molecule has 2 aromatic heterocycles. The van der Waals surface area contributed by atoms with Gasteiger partial charge in [-0.05, 0) is 24.7 Å². The van der Waals surface area contributed by atoms with Gasteiger partial charge in [0.2, 0.25) is 0 Å². The van der Waals surface area contributed by atoms with E-state index < -0.39 is 0 Å². The van der Waals surface area contributed by atoms with Gasteiger partial charge < -0.3 is 9.88 Å². The molecule has 2 atom stereocenters. The number of fused-ring (bicyclic) bond motifs is 2. The topological polar surface area (TPSA) is 68.6 Å². The molecule has 0 aromatic carbocycles. The van der Waals surface area contributed by atoms with Crippen molar-refractivity contribution in [3.05, 3.63) is 18.1 Å². The van der Waals surface area contributed by atoms with E-state index in [1.165, 1.54) is 25.7 Å². The first-order chi connectivity index (χ1) is 9.86. The molecule has 1 saturated heterocycles. The Balaban J connectivity index is 1.76. The van der Waals surface area contributed by atoms with Gasteiger partial charge >= 0.3 is 0 Å². The Morgan fingerprint density at radius 3 is 2.65 bits per heavy atom. The number of hydrogen-bond donors (Lipinski definition) is 1. The van der Waals surface area contributed by atoms with Gasteiger partial charge in [-0.25, -0.2) is 9.97 Å². The zero-order chi connectivity index (χ0) is 13.5. The molecule has 4 rings (SSSR count). The molecule has 2 aromatic rings. The molecule has 0 unspecified atom stereocenters. The van der Waals surface area contributed by atoms with Gasteiger partial charge in [0.05, 0.1) is 10.9 Å². The Kier molecular flexibility index (Phi) is 2.62. The van der Waals surface area contributed by atoms with Crippen LogP contribution in [0.15, 0.2) is 12.5 Å². The van der Waals surface area contributed by atoms with Crippen molar-refractivity contribution in [1.82, 2.24) is 15.0 Å². The van der Waals surface area contributed by atoms with Crippen LogP contribution in [0.2, 0.25) is 0 Å². The molecule has 1 N–H and O–H groups in total. The van der Waals surface area contributed by atoms with Crippen LogP contribution in [-0.2, 0) is 0 Å². The van der Waals surface area contributed by atoms with Crippen LogP contribution >= 0.6 is 0 Å². The second kappa shape index (κ2) is 4.48. The van der Waals surface area contributed by atoms with Crippen LogP contribution in [0, 0.1) is 23.2 Å². The highest BCUT2D eigenvalue weighted by molar-refractivity contribution is 5.92. The summed E-state index contributed by atoms with van der Waals surface area (Å²) in [5.74, 6) is 2.54. The highest BCUT2D eigenvalue weighted by Crippen LogP contribution is 2.39. The van der Waals surface area contributed by atoms with E-state index in [1.807, 2.05) is 0 Å². The van der Waals surface area contributed by atoms with Gasteiger partial charge in [0.1, 0.15) is 23.9 Å². The van der Waals surface area contributed by atoms with Crippen molar-refractivity contribution in [1.29, 1.82) is 5.26 Å². The lowest BCUT2D eigenvalue weighted by atomic mass is 9.82. The third kappa shape index (κ3) is 1.68. The van der Waals surface area contributed by atoms with Crippen molar-refractivity contribution in [3.63, 3.8) is 0 Å². The monoisotopic (exact) mass is 267 g/mol. The van der Waals surface area contributed by atoms with Crippen molar-refractivity contribution in [2.45, 2.75) is 25.7 Å². The lowest BCUT2D eigenvalue weighted by molar-refractivity contribution is 0.299. The van der Waals surface area contributed by atoms with Crippen molar-refractivity contribution in [3.8, 4) is 6.07 Å². The second-order valence-electron chi connectivity index (χ2n) is 5.94. The quantitative estimate of drug-likeness (QED) is 0.861. The standard InChI is InChI=1S/C15H17N5/c16-5-12-6-17-14-13(12)15(19-9-18-14)20-7-10-3-1-2-4-11(10)8-20/h6,9-11H,1-4,7-8H2,(H,17,18,19)/t10-,11+. The highest BCUT2D eigenvalue weighted by Gasteiger charge is 2.35. The second-order valence-corrected chi connectivity index (χ2v) is 5.94. The molecule has 20 heavy (non-hydrogen) atoms. The molecule has 2 fully saturated rings. The molecule has 0 bridgehead atoms. The van der Waals surface area contributed by atoms with Crippen molar-refractivity contribution in [2.24, 2.45) is 11.8 Å². The summed E-state index contributed by atoms with van der Waals surface area (Å²) >= 11 is 0. The molecule has 5 nitrogen and oxygen atoms in total. The van der Waals surface area contributed by atoms with Crippen molar-refractivity contribution >= 4 is 16.9 Å². The molecule has 2 aliphatic rings. The Morgan fingerprint density at radius 1 is 1.20 bits per heavy atom. The molecule has 102 valence electrons. The van der Waals surface area contributed by atoms with Crippen LogP contribution in [-0.4, -0.2) is 28.0 Å². The number of aromatic nitrogens is 3. The predicted octanol–water partition coefficient (Wildman–Crippen LogP) is 2.46. The van der Waals surface area contributed by atoms with Gasteiger partial charge in [0.15, 0.2) is 0 Å². The Hall–Kier alpha value is -2.09. The van der Waals surface area contributed by atoms with Crippen LogP contribution in [0.5, 0.6) is 0 Å². The van der Waals surface area contributed by atoms with E-state index in [1.54, 1.807) is 12.5 Å². The maximum atomic E-state index is 9.25. The smallest absolute Gasteiger partial charge is 0.144 e. The summed E-state index contributed by atoms with van der Waals surface area (Å²) < 4.78 is 0. The normalized spacial score (nSPS) is 25.6. The molecule has 0 spiro atoms. The van der Waals surface area contributed by atoms with E-state index in [0.29, 0.717) is 5.56 Å². The number of nitrogens with zero attached hydrogens (tertiary/aromatic N) is 4. The summed E-state index contributed by atoms with van der Waals surface area (Å²) in [5, 5.41) is 10.1. The van der Waals surface area contributed by atoms with Gasteiger partial charge in [0, 0.05) is 19.3 Å². The first-order valence-electron chi connectivity index (χ1n) is 7.34. The lowest BCUT2D eigenvalue weighted by Gasteiger charge is -2.22. The fraction of sp³-hybridized carbons (Fsp3) is 0.533. The summed E-state index contributed by atoms with van der Waals surface area (Å²) in [7, 11) is 0. The Bertz CT molecular complexity index is 669. The average Bonchev–Trinajstić information content (AvgIpc) is 3.10. The number of nitriles is 1.